The Labute approximate surface area is 267 Å². The molecule has 5 N–H and O–H groups in total. The first-order valence-electron chi connectivity index (χ1n) is 15.1. The highest BCUT2D eigenvalue weighted by molar-refractivity contribution is 6.32. The number of aryl methyl sites for hydroxylation is 1. The average Bonchev–Trinajstić information content (AvgIpc) is 3.51. The summed E-state index contributed by atoms with van der Waals surface area (Å²) in [5, 5.41) is 21.9. The summed E-state index contributed by atoms with van der Waals surface area (Å²) in [5.41, 5.74) is 1.33. The predicted octanol–water partition coefficient (Wildman–Crippen LogP) is 3.34. The number of nitrogens with one attached hydrogen (secondary N) is 4. The SMILES string of the molecule is CC(C)[C@H]1NC(=O)[C@@H](Cc2ccc(O)c(Cl)c2)N[C@@H](C)COc2c(F)cccc2CCCNC(=O)[C@H](Cn2cccc2)NC1=O. The van der Waals surface area contributed by atoms with Gasteiger partial charge in [0.2, 0.25) is 17.7 Å². The van der Waals surface area contributed by atoms with Crippen molar-refractivity contribution in [1.29, 1.82) is 0 Å². The van der Waals surface area contributed by atoms with Crippen LogP contribution in [0.25, 0.3) is 0 Å². The molecule has 0 radical (unpaired) electrons. The molecular formula is C33H41ClFN5O5. The number of aromatic hydroxyl groups is 1. The normalized spacial score (nSPS) is 22.3. The van der Waals surface area contributed by atoms with Gasteiger partial charge in [0.1, 0.15) is 24.4 Å². The fourth-order valence-electron chi connectivity index (χ4n) is 5.21. The summed E-state index contributed by atoms with van der Waals surface area (Å²) in [6.45, 7) is 5.98. The number of nitrogens with zero attached hydrogens (tertiary/aromatic N) is 1. The van der Waals surface area contributed by atoms with Crippen LogP contribution in [0.4, 0.5) is 4.39 Å². The average molecular weight is 642 g/mol. The molecule has 10 nitrogen and oxygen atoms in total. The molecule has 1 aliphatic heterocycles. The predicted molar refractivity (Wildman–Crippen MR) is 170 cm³/mol. The third-order valence-corrected chi connectivity index (χ3v) is 7.94. The first kappa shape index (κ1) is 33.8. The molecule has 1 aromatic heterocycles. The van der Waals surface area contributed by atoms with Gasteiger partial charge < -0.3 is 30.4 Å². The maximum atomic E-state index is 14.9. The lowest BCUT2D eigenvalue weighted by atomic mass is 10.00. The second-order valence-electron chi connectivity index (χ2n) is 11.7. The van der Waals surface area contributed by atoms with Crippen molar-refractivity contribution < 1.29 is 28.6 Å². The first-order chi connectivity index (χ1) is 21.5. The third-order valence-electron chi connectivity index (χ3n) is 7.64. The maximum absolute atomic E-state index is 14.9. The molecule has 0 bridgehead atoms. The van der Waals surface area contributed by atoms with E-state index >= 15 is 0 Å². The molecule has 45 heavy (non-hydrogen) atoms. The lowest BCUT2D eigenvalue weighted by Gasteiger charge is -2.29. The number of carbonyl (C=O) groups is 3. The Morgan fingerprint density at radius 3 is 2.49 bits per heavy atom. The van der Waals surface area contributed by atoms with E-state index in [4.69, 9.17) is 16.3 Å². The fourth-order valence-corrected chi connectivity index (χ4v) is 5.42. The molecule has 0 saturated carbocycles. The smallest absolute Gasteiger partial charge is 0.244 e. The highest BCUT2D eigenvalue weighted by Gasteiger charge is 2.32. The van der Waals surface area contributed by atoms with E-state index in [0.29, 0.717) is 30.5 Å². The summed E-state index contributed by atoms with van der Waals surface area (Å²) in [6, 6.07) is 9.93. The molecule has 3 amide bonds. The van der Waals surface area contributed by atoms with E-state index in [2.05, 4.69) is 21.3 Å². The second kappa shape index (κ2) is 15.8. The Kier molecular flexibility index (Phi) is 11.8. The van der Waals surface area contributed by atoms with Crippen LogP contribution in [0.2, 0.25) is 5.02 Å². The van der Waals surface area contributed by atoms with E-state index in [9.17, 15) is 23.9 Å². The summed E-state index contributed by atoms with van der Waals surface area (Å²) in [5.74, 6) is -2.08. The van der Waals surface area contributed by atoms with Crippen LogP contribution in [0.15, 0.2) is 60.9 Å². The van der Waals surface area contributed by atoms with Crippen LogP contribution in [-0.4, -0.2) is 64.7 Å². The molecule has 1 aliphatic rings. The number of phenols is 1. The van der Waals surface area contributed by atoms with Crippen molar-refractivity contribution in [3.63, 3.8) is 0 Å². The van der Waals surface area contributed by atoms with E-state index in [-0.39, 0.29) is 47.9 Å². The fraction of sp³-hybridized carbons (Fsp3) is 0.424. The molecule has 0 aliphatic carbocycles. The van der Waals surface area contributed by atoms with Crippen LogP contribution in [0.5, 0.6) is 11.5 Å². The van der Waals surface area contributed by atoms with Crippen LogP contribution >= 0.6 is 11.6 Å². The van der Waals surface area contributed by atoms with Crippen LogP contribution in [-0.2, 0) is 33.8 Å². The summed E-state index contributed by atoms with van der Waals surface area (Å²) < 4.78 is 22.6. The van der Waals surface area contributed by atoms with E-state index in [1.807, 2.05) is 32.9 Å². The van der Waals surface area contributed by atoms with Crippen molar-refractivity contribution in [2.24, 2.45) is 5.92 Å². The first-order valence-corrected chi connectivity index (χ1v) is 15.5. The second-order valence-corrected chi connectivity index (χ2v) is 12.1. The molecule has 2 heterocycles. The van der Waals surface area contributed by atoms with Crippen molar-refractivity contribution in [3.8, 4) is 11.5 Å². The molecule has 3 aromatic rings. The number of phenolic OH excluding ortho intramolecular Hbond substituents is 1. The lowest BCUT2D eigenvalue weighted by molar-refractivity contribution is -0.133. The largest absolute Gasteiger partial charge is 0.506 e. The number of ether oxygens (including phenoxy) is 1. The zero-order chi connectivity index (χ0) is 32.5. The van der Waals surface area contributed by atoms with Gasteiger partial charge in [0.25, 0.3) is 0 Å². The Bertz CT molecular complexity index is 1470. The minimum Gasteiger partial charge on any atom is -0.506 e. The zero-order valence-corrected chi connectivity index (χ0v) is 26.4. The summed E-state index contributed by atoms with van der Waals surface area (Å²) >= 11 is 6.14. The Balaban J connectivity index is 1.65. The molecular weight excluding hydrogens is 601 g/mol. The molecule has 4 rings (SSSR count). The van der Waals surface area contributed by atoms with Crippen LogP contribution in [0.3, 0.4) is 0 Å². The van der Waals surface area contributed by atoms with Crippen molar-refractivity contribution >= 4 is 29.3 Å². The Morgan fingerprint density at radius 2 is 1.78 bits per heavy atom. The standard InChI is InChI=1S/C33H41ClFN5O5/c1-20(2)29-33(44)38-27(18-40-14-4-5-15-40)31(42)36-13-7-9-23-8-6-10-25(35)30(23)45-19-21(3)37-26(32(43)39-29)17-22-11-12-28(41)24(34)16-22/h4-6,8,10-12,14-16,20-21,26-27,29,37,41H,7,9,13,17-19H2,1-3H3,(H,36,42)(H,38,44)(H,39,43)/t21-,26+,27-,29+/m0/s1. The number of aromatic nitrogens is 1. The van der Waals surface area contributed by atoms with Gasteiger partial charge in [-0.15, -0.1) is 0 Å². The van der Waals surface area contributed by atoms with Crippen LogP contribution in [0.1, 0.15) is 38.3 Å². The van der Waals surface area contributed by atoms with Gasteiger partial charge in [0.15, 0.2) is 11.6 Å². The number of para-hydroxylation sites is 1. The van der Waals surface area contributed by atoms with Crippen molar-refractivity contribution in [3.05, 3.63) is 82.9 Å². The maximum Gasteiger partial charge on any atom is 0.244 e. The van der Waals surface area contributed by atoms with Gasteiger partial charge in [0.05, 0.1) is 17.6 Å². The molecule has 0 saturated heterocycles. The van der Waals surface area contributed by atoms with Crippen LogP contribution < -0.4 is 26.0 Å². The molecule has 0 fully saturated rings. The summed E-state index contributed by atoms with van der Waals surface area (Å²) in [7, 11) is 0. The van der Waals surface area contributed by atoms with E-state index in [1.54, 1.807) is 41.2 Å². The Hall–Kier alpha value is -4.09. The number of halogens is 2. The number of amides is 3. The molecule has 2 aromatic carbocycles. The lowest BCUT2D eigenvalue weighted by Crippen LogP contribution is -2.59. The number of hydrogen-bond acceptors (Lipinski definition) is 6. The van der Waals surface area contributed by atoms with E-state index in [0.717, 1.165) is 0 Å². The Morgan fingerprint density at radius 1 is 1.02 bits per heavy atom. The van der Waals surface area contributed by atoms with Crippen molar-refractivity contribution in [2.75, 3.05) is 13.2 Å². The number of hydrogen-bond donors (Lipinski definition) is 5. The zero-order valence-electron chi connectivity index (χ0n) is 25.7. The summed E-state index contributed by atoms with van der Waals surface area (Å²) in [4.78, 5) is 40.7. The molecule has 12 heteroatoms. The minimum atomic E-state index is -0.948. The van der Waals surface area contributed by atoms with Gasteiger partial charge in [-0.3, -0.25) is 19.7 Å². The van der Waals surface area contributed by atoms with Crippen molar-refractivity contribution in [1.82, 2.24) is 25.8 Å². The molecule has 4 atom stereocenters. The summed E-state index contributed by atoms with van der Waals surface area (Å²) in [6.07, 6.45) is 4.74. The topological polar surface area (TPSA) is 134 Å². The van der Waals surface area contributed by atoms with E-state index in [1.165, 1.54) is 12.1 Å². The van der Waals surface area contributed by atoms with Gasteiger partial charge in [-0.25, -0.2) is 4.39 Å². The number of carbonyl (C=O) groups excluding carboxylic acids is 3. The van der Waals surface area contributed by atoms with Gasteiger partial charge in [-0.2, -0.15) is 0 Å². The number of fused-ring (bicyclic) bond motifs is 1. The van der Waals surface area contributed by atoms with Crippen LogP contribution in [0, 0.1) is 11.7 Å². The molecule has 0 unspecified atom stereocenters. The highest BCUT2D eigenvalue weighted by atomic mass is 35.5. The highest BCUT2D eigenvalue weighted by Crippen LogP contribution is 2.26. The third kappa shape index (κ3) is 9.45. The quantitative estimate of drug-likeness (QED) is 0.290. The molecule has 242 valence electrons. The molecule has 0 spiro atoms. The van der Waals surface area contributed by atoms with Gasteiger partial charge in [-0.05, 0) is 73.6 Å². The minimum absolute atomic E-state index is 0.0555. The van der Waals surface area contributed by atoms with E-state index < -0.39 is 41.8 Å². The van der Waals surface area contributed by atoms with Crippen molar-refractivity contribution in [2.45, 2.75) is 70.7 Å². The number of benzene rings is 2. The monoisotopic (exact) mass is 641 g/mol. The van der Waals surface area contributed by atoms with Gasteiger partial charge in [0, 0.05) is 25.0 Å². The van der Waals surface area contributed by atoms with Gasteiger partial charge in [-0.1, -0.05) is 43.6 Å². The van der Waals surface area contributed by atoms with Gasteiger partial charge >= 0.3 is 0 Å². The number of rotatable bonds is 5.